The summed E-state index contributed by atoms with van der Waals surface area (Å²) in [5.74, 6) is -1.17. The van der Waals surface area contributed by atoms with Crippen LogP contribution in [0.15, 0.2) is 84.4 Å². The summed E-state index contributed by atoms with van der Waals surface area (Å²) in [6, 6.07) is 22.5. The van der Waals surface area contributed by atoms with Crippen LogP contribution in [0.5, 0.6) is 5.75 Å². The first-order valence-electron chi connectivity index (χ1n) is 11.4. The zero-order valence-electron chi connectivity index (χ0n) is 19.6. The average molecular weight is 531 g/mol. The molecule has 4 amide bonds. The van der Waals surface area contributed by atoms with Crippen LogP contribution in [0.4, 0.5) is 10.5 Å². The van der Waals surface area contributed by atoms with Crippen molar-refractivity contribution in [1.82, 2.24) is 5.32 Å². The number of rotatable bonds is 5. The molecule has 0 aliphatic carbocycles. The number of aryl methyl sites for hydroxylation is 1. The van der Waals surface area contributed by atoms with Gasteiger partial charge < -0.3 is 4.74 Å². The van der Waals surface area contributed by atoms with Gasteiger partial charge in [0.25, 0.3) is 11.8 Å². The third-order valence-electron chi connectivity index (χ3n) is 6.09. The molecular weight excluding hydrogens is 511 g/mol. The van der Waals surface area contributed by atoms with E-state index in [1.807, 2.05) is 37.3 Å². The number of barbiturate groups is 1. The molecule has 1 N–H and O–H groups in total. The molecule has 0 radical (unpaired) electrons. The van der Waals surface area contributed by atoms with Crippen molar-refractivity contribution in [3.05, 3.63) is 111 Å². The van der Waals surface area contributed by atoms with Gasteiger partial charge in [-0.25, -0.2) is 9.69 Å². The highest BCUT2D eigenvalue weighted by atomic mass is 35.5. The summed E-state index contributed by atoms with van der Waals surface area (Å²) in [4.78, 5) is 39.3. The number of urea groups is 1. The third-order valence-corrected chi connectivity index (χ3v) is 6.56. The molecule has 0 bridgehead atoms. The number of halogens is 2. The maximum Gasteiger partial charge on any atom is 0.335 e. The van der Waals surface area contributed by atoms with E-state index in [4.69, 9.17) is 27.9 Å². The molecule has 0 atom stereocenters. The van der Waals surface area contributed by atoms with Gasteiger partial charge in [-0.3, -0.25) is 14.9 Å². The van der Waals surface area contributed by atoms with Gasteiger partial charge in [0.15, 0.2) is 0 Å². The van der Waals surface area contributed by atoms with E-state index < -0.39 is 17.8 Å². The smallest absolute Gasteiger partial charge is 0.335 e. The van der Waals surface area contributed by atoms with Gasteiger partial charge in [-0.05, 0) is 65.7 Å². The van der Waals surface area contributed by atoms with Gasteiger partial charge in [-0.15, -0.1) is 0 Å². The number of fused-ring (bicyclic) bond motifs is 1. The Labute approximate surface area is 223 Å². The molecule has 8 heteroatoms. The summed E-state index contributed by atoms with van der Waals surface area (Å²) in [5, 5.41) is 5.12. The number of ether oxygens (including phenoxy) is 1. The van der Waals surface area contributed by atoms with E-state index in [0.29, 0.717) is 21.4 Å². The zero-order chi connectivity index (χ0) is 26.1. The number of anilines is 1. The van der Waals surface area contributed by atoms with Crippen LogP contribution in [0.3, 0.4) is 0 Å². The highest BCUT2D eigenvalue weighted by Gasteiger charge is 2.37. The molecule has 184 valence electrons. The summed E-state index contributed by atoms with van der Waals surface area (Å²) >= 11 is 12.3. The molecule has 6 nitrogen and oxygen atoms in total. The fourth-order valence-electron chi connectivity index (χ4n) is 4.21. The van der Waals surface area contributed by atoms with E-state index in [1.165, 1.54) is 12.1 Å². The molecule has 0 unspecified atom stereocenters. The van der Waals surface area contributed by atoms with Crippen molar-refractivity contribution in [1.29, 1.82) is 0 Å². The van der Waals surface area contributed by atoms with Crippen LogP contribution in [-0.2, 0) is 16.2 Å². The van der Waals surface area contributed by atoms with E-state index in [2.05, 4.69) is 11.4 Å². The van der Waals surface area contributed by atoms with Gasteiger partial charge in [0, 0.05) is 21.2 Å². The summed E-state index contributed by atoms with van der Waals surface area (Å²) < 4.78 is 6.18. The molecule has 4 aromatic rings. The summed E-state index contributed by atoms with van der Waals surface area (Å²) in [5.41, 5.74) is 2.51. The highest BCUT2D eigenvalue weighted by Crippen LogP contribution is 2.30. The van der Waals surface area contributed by atoms with Gasteiger partial charge in [0.1, 0.15) is 17.9 Å². The largest absolute Gasteiger partial charge is 0.488 e. The van der Waals surface area contributed by atoms with Gasteiger partial charge >= 0.3 is 6.03 Å². The Morgan fingerprint density at radius 1 is 0.892 bits per heavy atom. The van der Waals surface area contributed by atoms with Crippen molar-refractivity contribution in [2.24, 2.45) is 0 Å². The Balaban J connectivity index is 1.50. The molecular formula is C29H20Cl2N2O4. The highest BCUT2D eigenvalue weighted by molar-refractivity contribution is 6.39. The Hall–Kier alpha value is -4.13. The van der Waals surface area contributed by atoms with Crippen molar-refractivity contribution < 1.29 is 19.1 Å². The second-order valence-corrected chi connectivity index (χ2v) is 9.36. The normalized spacial score (nSPS) is 14.8. The number of hydrogen-bond acceptors (Lipinski definition) is 4. The fourth-order valence-corrected chi connectivity index (χ4v) is 4.58. The van der Waals surface area contributed by atoms with Crippen LogP contribution in [0, 0.1) is 6.92 Å². The molecule has 1 fully saturated rings. The van der Waals surface area contributed by atoms with Crippen molar-refractivity contribution in [3.8, 4) is 5.75 Å². The topological polar surface area (TPSA) is 75.7 Å². The minimum Gasteiger partial charge on any atom is -0.488 e. The van der Waals surface area contributed by atoms with Crippen LogP contribution >= 0.6 is 23.2 Å². The van der Waals surface area contributed by atoms with Crippen molar-refractivity contribution >= 4 is 63.6 Å². The number of benzene rings is 4. The minimum atomic E-state index is -0.858. The van der Waals surface area contributed by atoms with Crippen LogP contribution < -0.4 is 15.0 Å². The van der Waals surface area contributed by atoms with Crippen LogP contribution in [0.25, 0.3) is 16.8 Å². The van der Waals surface area contributed by atoms with Crippen LogP contribution in [0.1, 0.15) is 16.7 Å². The Morgan fingerprint density at radius 3 is 2.49 bits per heavy atom. The summed E-state index contributed by atoms with van der Waals surface area (Å²) in [6.07, 6.45) is 1.37. The number of nitrogens with zero attached hydrogens (tertiary/aromatic N) is 1. The molecule has 1 aliphatic rings. The van der Waals surface area contributed by atoms with Gasteiger partial charge in [0.05, 0.1) is 5.69 Å². The number of imide groups is 2. The minimum absolute atomic E-state index is 0.238. The Bertz CT molecular complexity index is 1610. The second kappa shape index (κ2) is 10.1. The molecule has 0 saturated carbocycles. The van der Waals surface area contributed by atoms with E-state index in [1.54, 1.807) is 36.4 Å². The number of hydrogen-bond donors (Lipinski definition) is 1. The number of carbonyl (C=O) groups excluding carboxylic acids is 3. The molecule has 37 heavy (non-hydrogen) atoms. The lowest BCUT2D eigenvalue weighted by molar-refractivity contribution is -0.122. The second-order valence-electron chi connectivity index (χ2n) is 8.49. The van der Waals surface area contributed by atoms with Gasteiger partial charge in [0.2, 0.25) is 0 Å². The monoisotopic (exact) mass is 530 g/mol. The number of amides is 4. The maximum absolute atomic E-state index is 13.3. The Kier molecular flexibility index (Phi) is 6.70. The number of carbonyl (C=O) groups is 3. The van der Waals surface area contributed by atoms with E-state index >= 15 is 0 Å². The molecule has 0 spiro atoms. The molecule has 0 aromatic heterocycles. The van der Waals surface area contributed by atoms with Gasteiger partial charge in [-0.1, -0.05) is 65.7 Å². The molecule has 4 aromatic carbocycles. The lowest BCUT2D eigenvalue weighted by Crippen LogP contribution is -2.54. The summed E-state index contributed by atoms with van der Waals surface area (Å²) in [7, 11) is 0. The van der Waals surface area contributed by atoms with Crippen molar-refractivity contribution in [2.45, 2.75) is 13.5 Å². The lowest BCUT2D eigenvalue weighted by atomic mass is 10.0. The predicted molar refractivity (Wildman–Crippen MR) is 145 cm³/mol. The first-order valence-corrected chi connectivity index (χ1v) is 12.1. The SMILES string of the molecule is Cc1ccc2ccccc2c1COc1ccc(Cl)cc1/C=C1\C(=O)NC(=O)N(c2cccc(Cl)c2)C1=O. The lowest BCUT2D eigenvalue weighted by Gasteiger charge is -2.26. The van der Waals surface area contributed by atoms with Crippen LogP contribution in [-0.4, -0.2) is 17.8 Å². The Morgan fingerprint density at radius 2 is 1.68 bits per heavy atom. The quantitative estimate of drug-likeness (QED) is 0.230. The van der Waals surface area contributed by atoms with Crippen molar-refractivity contribution in [3.63, 3.8) is 0 Å². The maximum atomic E-state index is 13.3. The fraction of sp³-hybridized carbons (Fsp3) is 0.0690. The van der Waals surface area contributed by atoms with Crippen LogP contribution in [0.2, 0.25) is 10.0 Å². The molecule has 1 saturated heterocycles. The molecule has 1 heterocycles. The van der Waals surface area contributed by atoms with Crippen molar-refractivity contribution in [2.75, 3.05) is 4.90 Å². The molecule has 5 rings (SSSR count). The first-order chi connectivity index (χ1) is 17.8. The predicted octanol–water partition coefficient (Wildman–Crippen LogP) is 6.70. The first kappa shape index (κ1) is 24.6. The standard InChI is InChI=1S/C29H20Cl2N2O4/c1-17-9-10-18-5-2-3-8-23(18)25(17)16-37-26-12-11-21(31)13-19(26)14-24-27(34)32-29(36)33(28(24)35)22-7-4-6-20(30)15-22/h2-15H,16H2,1H3,(H,32,34,36)/b24-14+. The third kappa shape index (κ3) is 4.94. The van der Waals surface area contributed by atoms with Gasteiger partial charge in [-0.2, -0.15) is 0 Å². The zero-order valence-corrected chi connectivity index (χ0v) is 21.1. The van der Waals surface area contributed by atoms with E-state index in [-0.39, 0.29) is 17.9 Å². The number of nitrogens with one attached hydrogen (secondary N) is 1. The van der Waals surface area contributed by atoms with E-state index in [0.717, 1.165) is 26.8 Å². The average Bonchev–Trinajstić information content (AvgIpc) is 2.87. The summed E-state index contributed by atoms with van der Waals surface area (Å²) in [6.45, 7) is 2.28. The van der Waals surface area contributed by atoms with E-state index in [9.17, 15) is 14.4 Å². The molecule has 1 aliphatic heterocycles.